The van der Waals surface area contributed by atoms with Gasteiger partial charge in [-0.15, -0.1) is 0 Å². The van der Waals surface area contributed by atoms with Crippen molar-refractivity contribution in [2.75, 3.05) is 5.32 Å². The number of carboxylic acid groups (broad SMARTS) is 1. The van der Waals surface area contributed by atoms with Gasteiger partial charge in [-0.3, -0.25) is 25.0 Å². The van der Waals surface area contributed by atoms with Crippen LogP contribution >= 0.6 is 0 Å². The molecule has 0 aliphatic rings. The number of aromatic carboxylic acids is 1. The van der Waals surface area contributed by atoms with E-state index in [1.165, 1.54) is 6.07 Å². The van der Waals surface area contributed by atoms with Gasteiger partial charge in [0.15, 0.2) is 11.1 Å². The van der Waals surface area contributed by atoms with E-state index in [9.17, 15) is 38.6 Å². The molecule has 1 amide bonds. The number of nitro benzene ring substituents is 2. The number of carboxylic acids is 1. The molecule has 0 atom stereocenters. The van der Waals surface area contributed by atoms with Crippen molar-refractivity contribution in [3.63, 3.8) is 0 Å². The maximum absolute atomic E-state index is 13.6. The van der Waals surface area contributed by atoms with Gasteiger partial charge in [0, 0.05) is 17.8 Å². The Balaban J connectivity index is 0.000000244. The molecule has 0 radical (unpaired) electrons. The SMILES string of the molecule is O=C(Nc1ccccc1)c1c(F)cccc1[N+](=O)[O-].O=C(O)c1c(F)cccc1[N+](=O)[O-]. The fourth-order valence-electron chi connectivity index (χ4n) is 2.48. The van der Waals surface area contributed by atoms with Gasteiger partial charge in [-0.05, 0) is 24.3 Å². The van der Waals surface area contributed by atoms with Gasteiger partial charge in [0.05, 0.1) is 9.85 Å². The molecular weight excluding hydrogens is 432 g/mol. The molecule has 3 aromatic rings. The third-order valence-electron chi connectivity index (χ3n) is 3.85. The Hall–Kier alpha value is -4.74. The maximum Gasteiger partial charge on any atom is 0.345 e. The predicted octanol–water partition coefficient (Wildman–Crippen LogP) is 4.42. The van der Waals surface area contributed by atoms with E-state index in [1.807, 2.05) is 0 Å². The minimum Gasteiger partial charge on any atom is -0.477 e. The number of hydrogen-bond acceptors (Lipinski definition) is 6. The topological polar surface area (TPSA) is 153 Å². The molecule has 12 heteroatoms. The Morgan fingerprint density at radius 3 is 1.66 bits per heavy atom. The highest BCUT2D eigenvalue weighted by Crippen LogP contribution is 2.23. The summed E-state index contributed by atoms with van der Waals surface area (Å²) in [5.41, 5.74) is -2.35. The predicted molar refractivity (Wildman–Crippen MR) is 107 cm³/mol. The molecule has 3 aromatic carbocycles. The summed E-state index contributed by atoms with van der Waals surface area (Å²) < 4.78 is 26.4. The molecule has 0 unspecified atom stereocenters. The van der Waals surface area contributed by atoms with Crippen LogP contribution in [-0.2, 0) is 0 Å². The number of nitro groups is 2. The molecule has 3 rings (SSSR count). The van der Waals surface area contributed by atoms with Crippen LogP contribution in [0.3, 0.4) is 0 Å². The zero-order chi connectivity index (χ0) is 23.8. The lowest BCUT2D eigenvalue weighted by Crippen LogP contribution is -2.15. The second kappa shape index (κ2) is 10.3. The number of anilines is 1. The Morgan fingerprint density at radius 1 is 0.750 bits per heavy atom. The molecule has 10 nitrogen and oxygen atoms in total. The van der Waals surface area contributed by atoms with Gasteiger partial charge in [-0.2, -0.15) is 0 Å². The first-order chi connectivity index (χ1) is 15.1. The summed E-state index contributed by atoms with van der Waals surface area (Å²) in [6, 6.07) is 14.5. The Bertz CT molecular complexity index is 1190. The van der Waals surface area contributed by atoms with Crippen LogP contribution in [0.2, 0.25) is 0 Å². The largest absolute Gasteiger partial charge is 0.477 e. The molecule has 2 N–H and O–H groups in total. The first-order valence-corrected chi connectivity index (χ1v) is 8.59. The molecule has 0 spiro atoms. The number of para-hydroxylation sites is 1. The van der Waals surface area contributed by atoms with Gasteiger partial charge in [-0.1, -0.05) is 30.3 Å². The van der Waals surface area contributed by atoms with E-state index in [0.29, 0.717) is 5.69 Å². The van der Waals surface area contributed by atoms with Crippen molar-refractivity contribution < 1.29 is 33.3 Å². The van der Waals surface area contributed by atoms with E-state index in [1.54, 1.807) is 30.3 Å². The number of halogens is 2. The van der Waals surface area contributed by atoms with Crippen molar-refractivity contribution in [1.82, 2.24) is 0 Å². The number of benzene rings is 3. The summed E-state index contributed by atoms with van der Waals surface area (Å²) in [7, 11) is 0. The second-order valence-corrected chi connectivity index (χ2v) is 5.91. The van der Waals surface area contributed by atoms with Crippen molar-refractivity contribution in [2.24, 2.45) is 0 Å². The Kier molecular flexibility index (Phi) is 7.60. The molecule has 0 saturated heterocycles. The van der Waals surface area contributed by atoms with Gasteiger partial charge in [-0.25, -0.2) is 13.6 Å². The average molecular weight is 445 g/mol. The molecule has 164 valence electrons. The highest BCUT2D eigenvalue weighted by atomic mass is 19.1. The number of amides is 1. The van der Waals surface area contributed by atoms with E-state index in [2.05, 4.69) is 5.32 Å². The van der Waals surface area contributed by atoms with Crippen molar-refractivity contribution >= 4 is 28.9 Å². The number of nitrogens with one attached hydrogen (secondary N) is 1. The van der Waals surface area contributed by atoms with Crippen molar-refractivity contribution in [3.05, 3.63) is 110 Å². The summed E-state index contributed by atoms with van der Waals surface area (Å²) in [4.78, 5) is 41.6. The number of nitrogens with zero attached hydrogens (tertiary/aromatic N) is 2. The lowest BCUT2D eigenvalue weighted by atomic mass is 10.1. The van der Waals surface area contributed by atoms with Crippen LogP contribution in [0.4, 0.5) is 25.8 Å². The van der Waals surface area contributed by atoms with Crippen LogP contribution in [0, 0.1) is 31.9 Å². The third kappa shape index (κ3) is 5.66. The van der Waals surface area contributed by atoms with E-state index in [0.717, 1.165) is 30.3 Å². The quantitative estimate of drug-likeness (QED) is 0.435. The molecule has 0 fully saturated rings. The number of carbonyl (C=O) groups excluding carboxylic acids is 1. The highest BCUT2D eigenvalue weighted by Gasteiger charge is 2.24. The Labute approximate surface area is 178 Å². The molecule has 0 aromatic heterocycles. The first kappa shape index (κ1) is 23.5. The van der Waals surface area contributed by atoms with Crippen LogP contribution in [0.25, 0.3) is 0 Å². The maximum atomic E-state index is 13.6. The Morgan fingerprint density at radius 2 is 1.22 bits per heavy atom. The van der Waals surface area contributed by atoms with Gasteiger partial charge in [0.25, 0.3) is 17.3 Å². The van der Waals surface area contributed by atoms with Crippen LogP contribution in [-0.4, -0.2) is 26.8 Å². The zero-order valence-corrected chi connectivity index (χ0v) is 15.9. The second-order valence-electron chi connectivity index (χ2n) is 5.91. The minimum absolute atomic E-state index is 0.435. The van der Waals surface area contributed by atoms with E-state index in [4.69, 9.17) is 5.11 Å². The van der Waals surface area contributed by atoms with Crippen LogP contribution in [0.1, 0.15) is 20.7 Å². The monoisotopic (exact) mass is 445 g/mol. The minimum atomic E-state index is -1.65. The first-order valence-electron chi connectivity index (χ1n) is 8.59. The molecule has 0 saturated carbocycles. The highest BCUT2D eigenvalue weighted by molar-refractivity contribution is 6.07. The molecule has 0 aliphatic carbocycles. The number of rotatable bonds is 5. The molecule has 0 aliphatic heterocycles. The summed E-state index contributed by atoms with van der Waals surface area (Å²) in [5, 5.41) is 31.9. The van der Waals surface area contributed by atoms with Gasteiger partial charge in [0.1, 0.15) is 11.6 Å². The third-order valence-corrected chi connectivity index (χ3v) is 3.85. The van der Waals surface area contributed by atoms with Gasteiger partial charge in [0.2, 0.25) is 0 Å². The molecule has 32 heavy (non-hydrogen) atoms. The van der Waals surface area contributed by atoms with E-state index >= 15 is 0 Å². The smallest absolute Gasteiger partial charge is 0.345 e. The summed E-state index contributed by atoms with van der Waals surface area (Å²) in [6.07, 6.45) is 0. The normalized spacial score (nSPS) is 9.81. The van der Waals surface area contributed by atoms with Crippen LogP contribution in [0.5, 0.6) is 0 Å². The lowest BCUT2D eigenvalue weighted by Gasteiger charge is -2.06. The zero-order valence-electron chi connectivity index (χ0n) is 15.9. The van der Waals surface area contributed by atoms with Crippen molar-refractivity contribution in [2.45, 2.75) is 0 Å². The average Bonchev–Trinajstić information content (AvgIpc) is 2.74. The van der Waals surface area contributed by atoms with Gasteiger partial charge >= 0.3 is 5.97 Å². The van der Waals surface area contributed by atoms with Crippen molar-refractivity contribution in [1.29, 1.82) is 0 Å². The van der Waals surface area contributed by atoms with E-state index < -0.39 is 55.9 Å². The standard InChI is InChI=1S/C13H9FN2O3.C7H4FNO4/c14-10-7-4-8-11(16(18)19)12(10)13(17)15-9-5-2-1-3-6-9;8-4-2-1-3-5(9(12)13)6(4)7(10)11/h1-8H,(H,15,17);1-3H,(H,10,11). The lowest BCUT2D eigenvalue weighted by molar-refractivity contribution is -0.385. The van der Waals surface area contributed by atoms with E-state index in [-0.39, 0.29) is 0 Å². The number of hydrogen-bond donors (Lipinski definition) is 2. The van der Waals surface area contributed by atoms with Crippen LogP contribution in [0.15, 0.2) is 66.7 Å². The molecular formula is C20H13F2N3O7. The molecule has 0 bridgehead atoms. The number of carbonyl (C=O) groups is 2. The van der Waals surface area contributed by atoms with Gasteiger partial charge < -0.3 is 10.4 Å². The van der Waals surface area contributed by atoms with Crippen molar-refractivity contribution in [3.8, 4) is 0 Å². The molecule has 0 heterocycles. The fourth-order valence-corrected chi connectivity index (χ4v) is 2.48. The summed E-state index contributed by atoms with van der Waals surface area (Å²) >= 11 is 0. The summed E-state index contributed by atoms with van der Waals surface area (Å²) in [6.45, 7) is 0. The summed E-state index contributed by atoms with van der Waals surface area (Å²) in [5.74, 6) is -4.54. The fraction of sp³-hybridized carbons (Fsp3) is 0. The van der Waals surface area contributed by atoms with Crippen LogP contribution < -0.4 is 5.32 Å².